The second kappa shape index (κ2) is 6.67. The van der Waals surface area contributed by atoms with E-state index in [0.29, 0.717) is 31.2 Å². The van der Waals surface area contributed by atoms with Gasteiger partial charge in [-0.25, -0.2) is 0 Å². The van der Waals surface area contributed by atoms with Crippen LogP contribution < -0.4 is 5.73 Å². The van der Waals surface area contributed by atoms with Crippen LogP contribution in [0.3, 0.4) is 0 Å². The van der Waals surface area contributed by atoms with Gasteiger partial charge in [-0.2, -0.15) is 0 Å². The van der Waals surface area contributed by atoms with Crippen molar-refractivity contribution in [3.63, 3.8) is 0 Å². The molecule has 0 radical (unpaired) electrons. The fourth-order valence-corrected chi connectivity index (χ4v) is 2.65. The molecule has 2 rings (SSSR count). The normalized spacial score (nSPS) is 15.5. The minimum atomic E-state index is -0.451. The van der Waals surface area contributed by atoms with Crippen molar-refractivity contribution in [2.75, 3.05) is 19.6 Å². The molecule has 0 bridgehead atoms. The number of hydrogen-bond donors (Lipinski definition) is 1. The summed E-state index contributed by atoms with van der Waals surface area (Å²) in [5.74, 6) is -0.872. The van der Waals surface area contributed by atoms with E-state index in [9.17, 15) is 9.59 Å². The first-order chi connectivity index (χ1) is 10.0. The van der Waals surface area contributed by atoms with Gasteiger partial charge in [-0.3, -0.25) is 9.59 Å². The van der Waals surface area contributed by atoms with Crippen LogP contribution in [0.15, 0.2) is 24.3 Å². The highest BCUT2D eigenvalue weighted by atomic mass is 32.1. The van der Waals surface area contributed by atoms with E-state index in [1.807, 2.05) is 31.2 Å². The predicted octanol–water partition coefficient (Wildman–Crippen LogP) is 0.902. The van der Waals surface area contributed by atoms with Gasteiger partial charge in [0.15, 0.2) is 0 Å². The van der Waals surface area contributed by atoms with Crippen molar-refractivity contribution in [1.82, 2.24) is 9.80 Å². The van der Waals surface area contributed by atoms with Gasteiger partial charge >= 0.3 is 11.8 Å². The van der Waals surface area contributed by atoms with Gasteiger partial charge in [0, 0.05) is 31.7 Å². The number of nitrogens with zero attached hydrogens (tertiary/aromatic N) is 2. The summed E-state index contributed by atoms with van der Waals surface area (Å²) in [6.45, 7) is 4.09. The first-order valence-electron chi connectivity index (χ1n) is 7.00. The molecule has 0 aliphatic carbocycles. The molecule has 1 aliphatic heterocycles. The van der Waals surface area contributed by atoms with Crippen molar-refractivity contribution in [1.29, 1.82) is 0 Å². The molecule has 5 nitrogen and oxygen atoms in total. The molecular weight excluding hydrogens is 286 g/mol. The van der Waals surface area contributed by atoms with Crippen molar-refractivity contribution in [3.05, 3.63) is 35.4 Å². The standard InChI is InChI=1S/C15H19N3O2S/c1-2-7-17-8-9-18(15(20)14(17)19)10-11-5-3-4-6-12(11)13(16)21/h3-6H,2,7-10H2,1H3,(H2,16,21). The molecule has 0 atom stereocenters. The van der Waals surface area contributed by atoms with E-state index in [1.165, 1.54) is 0 Å². The molecule has 6 heteroatoms. The molecule has 0 spiro atoms. The van der Waals surface area contributed by atoms with E-state index in [4.69, 9.17) is 18.0 Å². The summed E-state index contributed by atoms with van der Waals surface area (Å²) in [6, 6.07) is 7.43. The molecule has 1 fully saturated rings. The number of rotatable bonds is 5. The average Bonchev–Trinajstić information content (AvgIpc) is 2.47. The molecule has 0 saturated carbocycles. The molecule has 1 heterocycles. The van der Waals surface area contributed by atoms with E-state index in [1.54, 1.807) is 9.80 Å². The number of carbonyl (C=O) groups excluding carboxylic acids is 2. The van der Waals surface area contributed by atoms with Crippen LogP contribution in [-0.2, 0) is 16.1 Å². The summed E-state index contributed by atoms with van der Waals surface area (Å²) >= 11 is 5.02. The Morgan fingerprint density at radius 1 is 1.19 bits per heavy atom. The lowest BCUT2D eigenvalue weighted by Gasteiger charge is -2.34. The Bertz CT molecular complexity index is 574. The maximum absolute atomic E-state index is 12.2. The largest absolute Gasteiger partial charge is 0.389 e. The van der Waals surface area contributed by atoms with Gasteiger partial charge in [0.25, 0.3) is 0 Å². The summed E-state index contributed by atoms with van der Waals surface area (Å²) in [5, 5.41) is 0. The summed E-state index contributed by atoms with van der Waals surface area (Å²) in [6.07, 6.45) is 0.850. The fourth-order valence-electron chi connectivity index (χ4n) is 2.45. The molecule has 112 valence electrons. The highest BCUT2D eigenvalue weighted by Crippen LogP contribution is 2.15. The zero-order valence-corrected chi connectivity index (χ0v) is 12.9. The zero-order valence-electron chi connectivity index (χ0n) is 12.0. The van der Waals surface area contributed by atoms with Gasteiger partial charge in [-0.05, 0) is 12.0 Å². The summed E-state index contributed by atoms with van der Waals surface area (Å²) in [7, 11) is 0. The second-order valence-corrected chi connectivity index (χ2v) is 5.48. The molecule has 0 unspecified atom stereocenters. The number of thiocarbonyl (C=S) groups is 1. The minimum absolute atomic E-state index is 0.300. The Balaban J connectivity index is 2.13. The Morgan fingerprint density at radius 2 is 1.81 bits per heavy atom. The Morgan fingerprint density at radius 3 is 2.48 bits per heavy atom. The summed E-state index contributed by atoms with van der Waals surface area (Å²) in [5.41, 5.74) is 7.32. The lowest BCUT2D eigenvalue weighted by molar-refractivity contribution is -0.156. The van der Waals surface area contributed by atoms with Crippen LogP contribution in [0.2, 0.25) is 0 Å². The molecule has 1 aromatic rings. The zero-order chi connectivity index (χ0) is 15.4. The molecule has 1 saturated heterocycles. The van der Waals surface area contributed by atoms with Gasteiger partial charge in [-0.15, -0.1) is 0 Å². The van der Waals surface area contributed by atoms with Crippen LogP contribution in [-0.4, -0.2) is 46.2 Å². The van der Waals surface area contributed by atoms with Crippen molar-refractivity contribution in [3.8, 4) is 0 Å². The molecule has 0 aromatic heterocycles. The van der Waals surface area contributed by atoms with Crippen LogP contribution in [0.1, 0.15) is 24.5 Å². The lowest BCUT2D eigenvalue weighted by Crippen LogP contribution is -2.54. The van der Waals surface area contributed by atoms with Gasteiger partial charge in [-0.1, -0.05) is 43.4 Å². The first-order valence-corrected chi connectivity index (χ1v) is 7.41. The van der Waals surface area contributed by atoms with Crippen LogP contribution in [0.5, 0.6) is 0 Å². The SMILES string of the molecule is CCCN1CCN(Cc2ccccc2C(N)=S)C(=O)C1=O. The molecule has 21 heavy (non-hydrogen) atoms. The topological polar surface area (TPSA) is 66.6 Å². The van der Waals surface area contributed by atoms with Crippen molar-refractivity contribution < 1.29 is 9.59 Å². The van der Waals surface area contributed by atoms with Crippen LogP contribution in [0.4, 0.5) is 0 Å². The first kappa shape index (κ1) is 15.4. The van der Waals surface area contributed by atoms with Gasteiger partial charge in [0.05, 0.1) is 0 Å². The highest BCUT2D eigenvalue weighted by molar-refractivity contribution is 7.80. The fraction of sp³-hybridized carbons (Fsp3) is 0.400. The van der Waals surface area contributed by atoms with Gasteiger partial charge in [0.2, 0.25) is 0 Å². The number of amides is 2. The molecule has 1 aromatic carbocycles. The molecule has 1 aliphatic rings. The number of carbonyl (C=O) groups is 2. The lowest BCUT2D eigenvalue weighted by atomic mass is 10.1. The van der Waals surface area contributed by atoms with Gasteiger partial charge in [0.1, 0.15) is 4.99 Å². The second-order valence-electron chi connectivity index (χ2n) is 5.04. The maximum atomic E-state index is 12.2. The van der Waals surface area contributed by atoms with E-state index in [2.05, 4.69) is 0 Å². The van der Waals surface area contributed by atoms with E-state index in [0.717, 1.165) is 17.5 Å². The number of nitrogens with two attached hydrogens (primary N) is 1. The smallest absolute Gasteiger partial charge is 0.312 e. The third-order valence-corrected chi connectivity index (χ3v) is 3.75. The van der Waals surface area contributed by atoms with Crippen molar-refractivity contribution in [2.24, 2.45) is 5.73 Å². The Kier molecular flexibility index (Phi) is 4.90. The molecule has 2 amide bonds. The van der Waals surface area contributed by atoms with Crippen LogP contribution in [0, 0.1) is 0 Å². The summed E-state index contributed by atoms with van der Waals surface area (Å²) in [4.78, 5) is 27.7. The number of hydrogen-bond acceptors (Lipinski definition) is 3. The number of piperazine rings is 1. The molecule has 2 N–H and O–H groups in total. The quantitative estimate of drug-likeness (QED) is 0.648. The van der Waals surface area contributed by atoms with E-state index in [-0.39, 0.29) is 0 Å². The minimum Gasteiger partial charge on any atom is -0.389 e. The van der Waals surface area contributed by atoms with Gasteiger partial charge < -0.3 is 15.5 Å². The van der Waals surface area contributed by atoms with Crippen molar-refractivity contribution in [2.45, 2.75) is 19.9 Å². The van der Waals surface area contributed by atoms with E-state index < -0.39 is 11.8 Å². The Hall–Kier alpha value is -1.95. The summed E-state index contributed by atoms with van der Waals surface area (Å²) < 4.78 is 0. The third kappa shape index (κ3) is 3.39. The maximum Gasteiger partial charge on any atom is 0.312 e. The van der Waals surface area contributed by atoms with E-state index >= 15 is 0 Å². The number of benzene rings is 1. The highest BCUT2D eigenvalue weighted by Gasteiger charge is 2.32. The molecular formula is C15H19N3O2S. The van der Waals surface area contributed by atoms with Crippen LogP contribution in [0.25, 0.3) is 0 Å². The third-order valence-electron chi connectivity index (χ3n) is 3.53. The van der Waals surface area contributed by atoms with Crippen molar-refractivity contribution >= 4 is 29.0 Å². The Labute approximate surface area is 129 Å². The van der Waals surface area contributed by atoms with Crippen LogP contribution >= 0.6 is 12.2 Å². The predicted molar refractivity (Wildman–Crippen MR) is 84.6 cm³/mol. The average molecular weight is 305 g/mol. The monoisotopic (exact) mass is 305 g/mol.